The van der Waals surface area contributed by atoms with E-state index in [0.29, 0.717) is 30.8 Å². The predicted octanol–water partition coefficient (Wildman–Crippen LogP) is 5.24. The molecule has 0 unspecified atom stereocenters. The van der Waals surface area contributed by atoms with Gasteiger partial charge in [-0.3, -0.25) is 4.90 Å². The summed E-state index contributed by atoms with van der Waals surface area (Å²) >= 11 is 0. The van der Waals surface area contributed by atoms with Gasteiger partial charge in [-0.15, -0.1) is 0 Å². The fraction of sp³-hybridized carbons (Fsp3) is 0.682. The van der Waals surface area contributed by atoms with Crippen molar-refractivity contribution in [1.29, 1.82) is 0 Å². The van der Waals surface area contributed by atoms with E-state index in [0.717, 1.165) is 32.4 Å². The van der Waals surface area contributed by atoms with Gasteiger partial charge < -0.3 is 9.64 Å². The highest BCUT2D eigenvalue weighted by molar-refractivity contribution is 5.68. The number of nitrogens with zero attached hydrogens (tertiary/aromatic N) is 2. The lowest BCUT2D eigenvalue weighted by molar-refractivity contribution is -0.137. The molecule has 1 aromatic carbocycles. The number of benzene rings is 1. The van der Waals surface area contributed by atoms with Crippen LogP contribution in [-0.2, 0) is 17.5 Å². The van der Waals surface area contributed by atoms with Crippen molar-refractivity contribution < 1.29 is 22.7 Å². The monoisotopic (exact) mass is 412 g/mol. The third-order valence-corrected chi connectivity index (χ3v) is 5.86. The maximum Gasteiger partial charge on any atom is 0.416 e. The van der Waals surface area contributed by atoms with Crippen molar-refractivity contribution in [2.24, 2.45) is 5.41 Å². The molecular formula is C22H31F3N2O2. The van der Waals surface area contributed by atoms with E-state index in [1.807, 2.05) is 26.8 Å². The molecule has 0 aromatic heterocycles. The number of aryl methyl sites for hydroxylation is 1. The Kier molecular flexibility index (Phi) is 5.91. The molecule has 4 nitrogen and oxygen atoms in total. The van der Waals surface area contributed by atoms with Crippen molar-refractivity contribution in [2.45, 2.75) is 65.3 Å². The molecule has 0 atom stereocenters. The van der Waals surface area contributed by atoms with Gasteiger partial charge in [0.2, 0.25) is 0 Å². The minimum Gasteiger partial charge on any atom is -0.444 e. The Labute approximate surface area is 171 Å². The lowest BCUT2D eigenvalue weighted by Crippen LogP contribution is -2.46. The number of alkyl halides is 3. The summed E-state index contributed by atoms with van der Waals surface area (Å²) in [5.41, 5.74) is 0.413. The van der Waals surface area contributed by atoms with Crippen LogP contribution in [0.5, 0.6) is 0 Å². The SMILES string of the molecule is Cc1cc(CN2CCC3(CCN(C(=O)OC(C)(C)C)CC3)C2)cc(C(F)(F)F)c1. The molecule has 0 N–H and O–H groups in total. The van der Waals surface area contributed by atoms with Gasteiger partial charge in [-0.25, -0.2) is 4.79 Å². The van der Waals surface area contributed by atoms with Crippen LogP contribution in [-0.4, -0.2) is 47.7 Å². The molecule has 0 bridgehead atoms. The third kappa shape index (κ3) is 5.65. The standard InChI is InChI=1S/C22H31F3N2O2/c1-16-11-17(13-18(12-16)22(23,24)25)14-26-8-5-21(15-26)6-9-27(10-7-21)19(28)29-20(2,3)4/h11-13H,5-10,14-15H2,1-4H3. The van der Waals surface area contributed by atoms with E-state index in [4.69, 9.17) is 4.74 Å². The van der Waals surface area contributed by atoms with Gasteiger partial charge >= 0.3 is 12.3 Å². The van der Waals surface area contributed by atoms with Crippen molar-refractivity contribution in [2.75, 3.05) is 26.2 Å². The molecule has 3 rings (SSSR count). The summed E-state index contributed by atoms with van der Waals surface area (Å²) in [5.74, 6) is 0. The van der Waals surface area contributed by atoms with E-state index in [9.17, 15) is 18.0 Å². The van der Waals surface area contributed by atoms with E-state index in [1.165, 1.54) is 12.1 Å². The first-order chi connectivity index (χ1) is 13.4. The Morgan fingerprint density at radius 2 is 1.69 bits per heavy atom. The maximum absolute atomic E-state index is 13.1. The summed E-state index contributed by atoms with van der Waals surface area (Å²) in [6.45, 7) is 10.9. The number of carbonyl (C=O) groups is 1. The van der Waals surface area contributed by atoms with Gasteiger partial charge in [0.25, 0.3) is 0 Å². The number of likely N-dealkylation sites (tertiary alicyclic amines) is 2. The minimum atomic E-state index is -4.32. The van der Waals surface area contributed by atoms with Crippen LogP contribution in [0.2, 0.25) is 0 Å². The number of hydrogen-bond acceptors (Lipinski definition) is 3. The zero-order valence-corrected chi connectivity index (χ0v) is 17.7. The Hall–Kier alpha value is -1.76. The van der Waals surface area contributed by atoms with E-state index in [-0.39, 0.29) is 11.5 Å². The molecule has 7 heteroatoms. The summed E-state index contributed by atoms with van der Waals surface area (Å²) < 4.78 is 44.8. The Bertz CT molecular complexity index is 747. The highest BCUT2D eigenvalue weighted by Crippen LogP contribution is 2.41. The normalized spacial score (nSPS) is 20.3. The topological polar surface area (TPSA) is 32.8 Å². The molecule has 0 radical (unpaired) electrons. The van der Waals surface area contributed by atoms with Crippen LogP contribution in [0.4, 0.5) is 18.0 Å². The Morgan fingerprint density at radius 3 is 2.28 bits per heavy atom. The quantitative estimate of drug-likeness (QED) is 0.666. The fourth-order valence-electron chi connectivity index (χ4n) is 4.44. The summed E-state index contributed by atoms with van der Waals surface area (Å²) in [5, 5.41) is 0. The van der Waals surface area contributed by atoms with Crippen molar-refractivity contribution >= 4 is 6.09 Å². The Morgan fingerprint density at radius 1 is 1.07 bits per heavy atom. The lowest BCUT2D eigenvalue weighted by Gasteiger charge is -2.39. The first-order valence-corrected chi connectivity index (χ1v) is 10.2. The smallest absolute Gasteiger partial charge is 0.416 e. The molecule has 2 fully saturated rings. The predicted molar refractivity (Wildman–Crippen MR) is 106 cm³/mol. The van der Waals surface area contributed by atoms with Crippen LogP contribution in [0.1, 0.15) is 56.7 Å². The third-order valence-electron chi connectivity index (χ3n) is 5.86. The molecule has 1 amide bonds. The number of rotatable bonds is 2. The number of hydrogen-bond donors (Lipinski definition) is 0. The molecule has 2 aliphatic rings. The molecule has 1 aromatic rings. The van der Waals surface area contributed by atoms with Gasteiger partial charge in [0.1, 0.15) is 5.60 Å². The number of piperidine rings is 1. The van der Waals surface area contributed by atoms with Gasteiger partial charge in [0.05, 0.1) is 5.56 Å². The van der Waals surface area contributed by atoms with E-state index in [2.05, 4.69) is 4.90 Å². The van der Waals surface area contributed by atoms with Gasteiger partial charge in [-0.2, -0.15) is 13.2 Å². The number of halogens is 3. The van der Waals surface area contributed by atoms with Gasteiger partial charge in [-0.1, -0.05) is 11.6 Å². The molecule has 2 heterocycles. The largest absolute Gasteiger partial charge is 0.444 e. The zero-order chi connectivity index (χ0) is 21.4. The van der Waals surface area contributed by atoms with Crippen molar-refractivity contribution in [3.63, 3.8) is 0 Å². The van der Waals surface area contributed by atoms with E-state index >= 15 is 0 Å². The van der Waals surface area contributed by atoms with Crippen LogP contribution in [0.15, 0.2) is 18.2 Å². The van der Waals surface area contributed by atoms with Crippen molar-refractivity contribution in [3.8, 4) is 0 Å². The number of carbonyl (C=O) groups excluding carboxylic acids is 1. The Balaban J connectivity index is 1.57. The van der Waals surface area contributed by atoms with Crippen LogP contribution in [0, 0.1) is 12.3 Å². The molecule has 2 aliphatic heterocycles. The summed E-state index contributed by atoms with van der Waals surface area (Å²) in [4.78, 5) is 16.3. The molecule has 1 spiro atoms. The number of amides is 1. The van der Waals surface area contributed by atoms with Crippen molar-refractivity contribution in [3.05, 3.63) is 34.9 Å². The van der Waals surface area contributed by atoms with Gasteiger partial charge in [-0.05, 0) is 76.6 Å². The molecule has 0 saturated carbocycles. The maximum atomic E-state index is 13.1. The summed E-state index contributed by atoms with van der Waals surface area (Å²) in [6, 6.07) is 4.30. The highest BCUT2D eigenvalue weighted by Gasteiger charge is 2.42. The van der Waals surface area contributed by atoms with Gasteiger partial charge in [0, 0.05) is 26.2 Å². The molecule has 0 aliphatic carbocycles. The van der Waals surface area contributed by atoms with Crippen LogP contribution >= 0.6 is 0 Å². The minimum absolute atomic E-state index is 0.148. The summed E-state index contributed by atoms with van der Waals surface area (Å²) in [6.07, 6.45) is -1.75. The first kappa shape index (κ1) is 21.9. The molecular weight excluding hydrogens is 381 g/mol. The van der Waals surface area contributed by atoms with Crippen LogP contribution in [0.3, 0.4) is 0 Å². The van der Waals surface area contributed by atoms with E-state index < -0.39 is 17.3 Å². The average molecular weight is 412 g/mol. The highest BCUT2D eigenvalue weighted by atomic mass is 19.4. The second-order valence-corrected chi connectivity index (χ2v) is 9.63. The van der Waals surface area contributed by atoms with Gasteiger partial charge in [0.15, 0.2) is 0 Å². The second-order valence-electron chi connectivity index (χ2n) is 9.63. The number of ether oxygens (including phenoxy) is 1. The molecule has 29 heavy (non-hydrogen) atoms. The average Bonchev–Trinajstić information content (AvgIpc) is 2.94. The second kappa shape index (κ2) is 7.82. The van der Waals surface area contributed by atoms with E-state index in [1.54, 1.807) is 11.8 Å². The van der Waals surface area contributed by atoms with Crippen molar-refractivity contribution in [1.82, 2.24) is 9.80 Å². The molecule has 2 saturated heterocycles. The molecule has 162 valence electrons. The zero-order valence-electron chi connectivity index (χ0n) is 17.7. The fourth-order valence-corrected chi connectivity index (χ4v) is 4.44. The summed E-state index contributed by atoms with van der Waals surface area (Å²) in [7, 11) is 0. The first-order valence-electron chi connectivity index (χ1n) is 10.2. The van der Waals surface area contributed by atoms with Crippen LogP contribution in [0.25, 0.3) is 0 Å². The van der Waals surface area contributed by atoms with Crippen LogP contribution < -0.4 is 0 Å². The lowest BCUT2D eigenvalue weighted by atomic mass is 9.78.